The van der Waals surface area contributed by atoms with Crippen LogP contribution in [-0.2, 0) is 9.16 Å². The molecule has 0 saturated heterocycles. The van der Waals surface area contributed by atoms with Gasteiger partial charge >= 0.3 is 6.18 Å². The topological polar surface area (TPSA) is 44.5 Å². The zero-order valence-corrected chi connectivity index (χ0v) is 20.9. The molecule has 0 spiro atoms. The summed E-state index contributed by atoms with van der Waals surface area (Å²) in [6.45, 7) is 8.07. The van der Waals surface area contributed by atoms with Crippen LogP contribution in [0.25, 0.3) is 0 Å². The van der Waals surface area contributed by atoms with Crippen molar-refractivity contribution in [3.05, 3.63) is 95.1 Å². The quantitative estimate of drug-likeness (QED) is 0.325. The van der Waals surface area contributed by atoms with Crippen LogP contribution in [-0.4, -0.2) is 33.7 Å². The number of hydrogen-bond donors (Lipinski definition) is 1. The number of rotatable bonds is 8. The highest BCUT2D eigenvalue weighted by atomic mass is 28.4. The number of benzene rings is 2. The molecule has 1 atom stereocenters. The van der Waals surface area contributed by atoms with Crippen LogP contribution in [0.5, 0.6) is 0 Å². The molecule has 0 amide bonds. The van der Waals surface area contributed by atoms with Gasteiger partial charge in [0.2, 0.25) is 0 Å². The molecule has 2 aromatic rings. The highest BCUT2D eigenvalue weighted by Gasteiger charge is 2.50. The Morgan fingerprint density at radius 2 is 1.44 bits per heavy atom. The van der Waals surface area contributed by atoms with E-state index in [0.29, 0.717) is 0 Å². The van der Waals surface area contributed by atoms with E-state index in [1.54, 1.807) is 6.92 Å². The summed E-state index contributed by atoms with van der Waals surface area (Å²) in [6, 6.07) is 19.4. The third-order valence-electron chi connectivity index (χ3n) is 5.75. The smallest absolute Gasteiger partial charge is 0.427 e. The summed E-state index contributed by atoms with van der Waals surface area (Å²) in [7, 11) is -2.81. The SMILES string of the molecule is C[C@@H](N)C1=C(OCCO[Si](c2ccccc2)(c2ccccc2)C(C)(C)C)C(C(F)(F)F)=C=C=C1. The Hall–Kier alpha value is -2.79. The largest absolute Gasteiger partial charge is 0.490 e. The van der Waals surface area contributed by atoms with E-state index in [0.717, 1.165) is 10.4 Å². The molecule has 1 aliphatic rings. The van der Waals surface area contributed by atoms with Crippen LogP contribution >= 0.6 is 0 Å². The summed E-state index contributed by atoms with van der Waals surface area (Å²) in [6.07, 6.45) is -3.24. The van der Waals surface area contributed by atoms with Crippen LogP contribution in [0.3, 0.4) is 0 Å². The summed E-state index contributed by atoms with van der Waals surface area (Å²) >= 11 is 0. The fourth-order valence-electron chi connectivity index (χ4n) is 4.25. The first kappa shape index (κ1) is 25.8. The predicted molar refractivity (Wildman–Crippen MR) is 131 cm³/mol. The Morgan fingerprint density at radius 3 is 1.88 bits per heavy atom. The minimum absolute atomic E-state index is 0.0643. The van der Waals surface area contributed by atoms with E-state index < -0.39 is 26.1 Å². The van der Waals surface area contributed by atoms with Gasteiger partial charge in [0, 0.05) is 11.6 Å². The normalized spacial score (nSPS) is 15.4. The van der Waals surface area contributed by atoms with Crippen molar-refractivity contribution in [2.45, 2.75) is 45.0 Å². The Morgan fingerprint density at radius 1 is 0.912 bits per heavy atom. The maximum absolute atomic E-state index is 13.6. The monoisotopic (exact) mass is 485 g/mol. The molecule has 0 heterocycles. The number of allylic oxidation sites excluding steroid dienone is 1. The lowest BCUT2D eigenvalue weighted by Crippen LogP contribution is -2.66. The van der Waals surface area contributed by atoms with Crippen LogP contribution in [0, 0.1) is 0 Å². The van der Waals surface area contributed by atoms with Crippen molar-refractivity contribution in [2.75, 3.05) is 13.2 Å². The Labute approximate surface area is 200 Å². The molecule has 3 rings (SSSR count). The lowest BCUT2D eigenvalue weighted by molar-refractivity contribution is -0.0942. The first-order chi connectivity index (χ1) is 16.0. The lowest BCUT2D eigenvalue weighted by atomic mass is 10.0. The molecule has 3 nitrogen and oxygen atoms in total. The molecular weight excluding hydrogens is 455 g/mol. The molecule has 0 saturated carbocycles. The average molecular weight is 486 g/mol. The third-order valence-corrected chi connectivity index (χ3v) is 10.8. The molecule has 1 aliphatic carbocycles. The van der Waals surface area contributed by atoms with E-state index in [1.165, 1.54) is 6.08 Å². The minimum atomic E-state index is -4.63. The van der Waals surface area contributed by atoms with E-state index in [1.807, 2.05) is 36.4 Å². The first-order valence-corrected chi connectivity index (χ1v) is 13.1. The molecule has 2 N–H and O–H groups in total. The summed E-state index contributed by atoms with van der Waals surface area (Å²) in [5.74, 6) is -0.313. The van der Waals surface area contributed by atoms with Crippen molar-refractivity contribution in [3.63, 3.8) is 0 Å². The molecule has 0 fully saturated rings. The number of ether oxygens (including phenoxy) is 1. The Balaban J connectivity index is 1.92. The second-order valence-corrected chi connectivity index (χ2v) is 13.5. The van der Waals surface area contributed by atoms with Gasteiger partial charge in [0.25, 0.3) is 8.32 Å². The van der Waals surface area contributed by atoms with Gasteiger partial charge in [-0.2, -0.15) is 13.2 Å². The van der Waals surface area contributed by atoms with Gasteiger partial charge in [0.1, 0.15) is 17.9 Å². The molecule has 0 unspecified atom stereocenters. The summed E-state index contributed by atoms with van der Waals surface area (Å²) in [4.78, 5) is 0. The predicted octanol–water partition coefficient (Wildman–Crippen LogP) is 4.99. The van der Waals surface area contributed by atoms with E-state index in [-0.39, 0.29) is 29.6 Å². The number of halogens is 3. The lowest BCUT2D eigenvalue weighted by Gasteiger charge is -2.43. The summed E-state index contributed by atoms with van der Waals surface area (Å²) in [5.41, 5.74) is 9.68. The van der Waals surface area contributed by atoms with Crippen LogP contribution in [0.4, 0.5) is 13.2 Å². The van der Waals surface area contributed by atoms with E-state index >= 15 is 0 Å². The fraction of sp³-hybridized carbons (Fsp3) is 0.333. The van der Waals surface area contributed by atoms with Gasteiger partial charge in [0.05, 0.1) is 6.61 Å². The standard InChI is InChI=1S/C27H30F3NO2Si/c1-20(31)23-16-11-17-24(27(28,29)30)25(23)32-18-19-33-34(26(2,3)4,21-12-7-5-8-13-21)22-14-9-6-10-15-22/h5-10,12-16,20H,18-19,31H2,1-4H3/t20-/m1/s1. The van der Waals surface area contributed by atoms with E-state index in [9.17, 15) is 13.2 Å². The number of alkyl halides is 3. The summed E-state index contributed by atoms with van der Waals surface area (Å²) < 4.78 is 53.2. The van der Waals surface area contributed by atoms with Gasteiger partial charge in [-0.3, -0.25) is 0 Å². The van der Waals surface area contributed by atoms with Gasteiger partial charge in [-0.25, -0.2) is 0 Å². The first-order valence-electron chi connectivity index (χ1n) is 11.2. The van der Waals surface area contributed by atoms with Gasteiger partial charge in [0.15, 0.2) is 0 Å². The molecule has 0 bridgehead atoms. The van der Waals surface area contributed by atoms with Crippen LogP contribution in [0.2, 0.25) is 5.04 Å². The Kier molecular flexibility index (Phi) is 7.76. The summed E-state index contributed by atoms with van der Waals surface area (Å²) in [5, 5.41) is 1.92. The second kappa shape index (κ2) is 10.2. The highest BCUT2D eigenvalue weighted by molar-refractivity contribution is 6.99. The average Bonchev–Trinajstić information content (AvgIpc) is 2.78. The van der Waals surface area contributed by atoms with Gasteiger partial charge in [-0.05, 0) is 28.4 Å². The van der Waals surface area contributed by atoms with Crippen LogP contribution < -0.4 is 16.1 Å². The molecule has 0 radical (unpaired) electrons. The number of nitrogens with two attached hydrogens (primary N) is 1. The fourth-order valence-corrected chi connectivity index (χ4v) is 8.79. The van der Waals surface area contributed by atoms with Gasteiger partial charge in [-0.1, -0.05) is 92.9 Å². The van der Waals surface area contributed by atoms with Crippen molar-refractivity contribution in [3.8, 4) is 0 Å². The maximum atomic E-state index is 13.6. The Bertz CT molecular complexity index is 1080. The molecule has 7 heteroatoms. The highest BCUT2D eigenvalue weighted by Crippen LogP contribution is 2.37. The third kappa shape index (κ3) is 5.30. The molecule has 2 aromatic carbocycles. The van der Waals surface area contributed by atoms with Crippen LogP contribution in [0.1, 0.15) is 27.7 Å². The minimum Gasteiger partial charge on any atom is -0.490 e. The van der Waals surface area contributed by atoms with Gasteiger partial charge < -0.3 is 14.9 Å². The molecule has 34 heavy (non-hydrogen) atoms. The molecule has 0 aromatic heterocycles. The number of hydrogen-bond acceptors (Lipinski definition) is 3. The van der Waals surface area contributed by atoms with Crippen LogP contribution in [0.15, 0.2) is 95.1 Å². The molecule has 0 aliphatic heterocycles. The van der Waals surface area contributed by atoms with E-state index in [4.69, 9.17) is 14.9 Å². The van der Waals surface area contributed by atoms with Crippen molar-refractivity contribution in [1.82, 2.24) is 0 Å². The van der Waals surface area contributed by atoms with Crippen molar-refractivity contribution >= 4 is 18.7 Å². The zero-order chi connectivity index (χ0) is 25.0. The second-order valence-electron chi connectivity index (χ2n) is 9.22. The molecular formula is C27H30F3NO2Si. The maximum Gasteiger partial charge on any atom is 0.427 e. The molecule has 180 valence electrons. The van der Waals surface area contributed by atoms with Crippen molar-refractivity contribution in [1.29, 1.82) is 0 Å². The van der Waals surface area contributed by atoms with E-state index in [2.05, 4.69) is 56.5 Å². The zero-order valence-electron chi connectivity index (χ0n) is 19.9. The van der Waals surface area contributed by atoms with Crippen molar-refractivity contribution in [2.24, 2.45) is 5.73 Å². The van der Waals surface area contributed by atoms with Crippen molar-refractivity contribution < 1.29 is 22.3 Å². The van der Waals surface area contributed by atoms with Gasteiger partial charge in [-0.15, -0.1) is 0 Å².